The van der Waals surface area contributed by atoms with Crippen molar-refractivity contribution in [1.29, 1.82) is 0 Å². The van der Waals surface area contributed by atoms with Crippen LogP contribution >= 0.6 is 0 Å². The molecule has 2 aliphatic rings. The molecule has 0 bridgehead atoms. The van der Waals surface area contributed by atoms with Gasteiger partial charge in [-0.05, 0) is 13.0 Å². The van der Waals surface area contributed by atoms with Gasteiger partial charge in [-0.3, -0.25) is 5.10 Å². The minimum atomic E-state index is 0.222. The summed E-state index contributed by atoms with van der Waals surface area (Å²) in [5.41, 5.74) is 7.17. The third-order valence-electron chi connectivity index (χ3n) is 3.24. The van der Waals surface area contributed by atoms with Gasteiger partial charge in [-0.1, -0.05) is 0 Å². The fourth-order valence-corrected chi connectivity index (χ4v) is 2.31. The zero-order valence-electron chi connectivity index (χ0n) is 9.45. The van der Waals surface area contributed by atoms with Gasteiger partial charge < -0.3 is 10.3 Å². The Morgan fingerprint density at radius 1 is 1.56 bits per heavy atom. The molecule has 1 aromatic rings. The largest absolute Gasteiger partial charge is 0.315 e. The van der Waals surface area contributed by atoms with Crippen LogP contribution in [0, 0.1) is 0 Å². The predicted octanol–water partition coefficient (Wildman–Crippen LogP) is 0.450. The number of rotatable bonds is 2. The molecule has 16 heavy (non-hydrogen) atoms. The number of hydrogen-bond acceptors (Lipinski definition) is 4. The molecule has 0 fully saturated rings. The van der Waals surface area contributed by atoms with Gasteiger partial charge in [0.1, 0.15) is 0 Å². The number of fused-ring (bicyclic) bond motifs is 1. The van der Waals surface area contributed by atoms with Crippen molar-refractivity contribution in [3.63, 3.8) is 0 Å². The highest BCUT2D eigenvalue weighted by Crippen LogP contribution is 2.24. The molecule has 3 rings (SSSR count). The van der Waals surface area contributed by atoms with Crippen LogP contribution in [0.15, 0.2) is 12.3 Å². The van der Waals surface area contributed by atoms with E-state index in [0.717, 1.165) is 31.7 Å². The monoisotopic (exact) mass is 219 g/mol. The Morgan fingerprint density at radius 3 is 3.31 bits per heavy atom. The molecule has 5 nitrogen and oxygen atoms in total. The molecule has 2 aliphatic heterocycles. The van der Waals surface area contributed by atoms with Crippen LogP contribution in [0.4, 0.5) is 0 Å². The zero-order chi connectivity index (χ0) is 11.0. The van der Waals surface area contributed by atoms with Gasteiger partial charge >= 0.3 is 0 Å². The highest BCUT2D eigenvalue weighted by Gasteiger charge is 2.24. The Hall–Kier alpha value is -1.33. The van der Waals surface area contributed by atoms with E-state index in [9.17, 15) is 0 Å². The molecule has 0 saturated carbocycles. The Labute approximate surface area is 94.9 Å². The highest BCUT2D eigenvalue weighted by atomic mass is 15.5. The molecule has 0 aliphatic carbocycles. The summed E-state index contributed by atoms with van der Waals surface area (Å²) in [5, 5.41) is 13.1. The van der Waals surface area contributed by atoms with Crippen molar-refractivity contribution in [2.75, 3.05) is 13.1 Å². The first kappa shape index (κ1) is 9.86. The molecule has 0 aromatic carbocycles. The van der Waals surface area contributed by atoms with Gasteiger partial charge in [0.05, 0.1) is 11.7 Å². The lowest BCUT2D eigenvalue weighted by Gasteiger charge is -2.18. The maximum Gasteiger partial charge on any atom is 0.0903 e. The normalized spacial score (nSPS) is 23.8. The van der Waals surface area contributed by atoms with Crippen molar-refractivity contribution in [1.82, 2.24) is 25.9 Å². The molecule has 86 valence electrons. The van der Waals surface area contributed by atoms with Gasteiger partial charge in [-0.15, -0.1) is 0 Å². The van der Waals surface area contributed by atoms with E-state index >= 15 is 0 Å². The molecule has 0 saturated heterocycles. The average molecular weight is 219 g/mol. The minimum Gasteiger partial charge on any atom is -0.315 e. The van der Waals surface area contributed by atoms with Gasteiger partial charge in [0.25, 0.3) is 0 Å². The quantitative estimate of drug-likeness (QED) is 0.676. The number of nitrogens with one attached hydrogen (secondary N) is 3. The number of hydrogen-bond donors (Lipinski definition) is 3. The van der Waals surface area contributed by atoms with Crippen LogP contribution in [0.2, 0.25) is 0 Å². The smallest absolute Gasteiger partial charge is 0.0903 e. The van der Waals surface area contributed by atoms with E-state index in [-0.39, 0.29) is 6.04 Å². The summed E-state index contributed by atoms with van der Waals surface area (Å²) in [7, 11) is 0. The standard InChI is InChI=1S/C11H17N5/c1-2-16-6-4-10(15-16)11-8-7-12-5-3-9(8)13-14-11/h4,6,10,12,15H,2-3,5,7H2,1H3,(H,13,14). The van der Waals surface area contributed by atoms with Crippen molar-refractivity contribution >= 4 is 0 Å². The van der Waals surface area contributed by atoms with Gasteiger partial charge in [0.2, 0.25) is 0 Å². The lowest BCUT2D eigenvalue weighted by molar-refractivity contribution is 0.287. The molecular weight excluding hydrogens is 202 g/mol. The molecule has 0 radical (unpaired) electrons. The third-order valence-corrected chi connectivity index (χ3v) is 3.24. The maximum atomic E-state index is 4.44. The van der Waals surface area contributed by atoms with Crippen LogP contribution in [-0.4, -0.2) is 28.3 Å². The summed E-state index contributed by atoms with van der Waals surface area (Å²) in [6.07, 6.45) is 5.30. The summed E-state index contributed by atoms with van der Waals surface area (Å²) in [6, 6.07) is 0.222. The SMILES string of the molecule is CCN1C=CC(c2n[nH]c3c2CNCC3)N1. The number of nitrogens with zero attached hydrogens (tertiary/aromatic N) is 2. The zero-order valence-corrected chi connectivity index (χ0v) is 9.45. The van der Waals surface area contributed by atoms with Gasteiger partial charge in [-0.2, -0.15) is 5.10 Å². The van der Waals surface area contributed by atoms with Crippen molar-refractivity contribution in [3.05, 3.63) is 29.2 Å². The van der Waals surface area contributed by atoms with E-state index in [1.54, 1.807) is 0 Å². The number of H-pyrrole nitrogens is 1. The lowest BCUT2D eigenvalue weighted by Crippen LogP contribution is -2.32. The molecule has 3 N–H and O–H groups in total. The molecule has 1 atom stereocenters. The van der Waals surface area contributed by atoms with Crippen molar-refractivity contribution in [2.24, 2.45) is 0 Å². The average Bonchev–Trinajstić information content (AvgIpc) is 2.94. The van der Waals surface area contributed by atoms with Crippen LogP contribution in [-0.2, 0) is 13.0 Å². The first-order valence-electron chi connectivity index (χ1n) is 5.86. The van der Waals surface area contributed by atoms with Gasteiger partial charge in [-0.25, -0.2) is 5.43 Å². The molecule has 3 heterocycles. The maximum absolute atomic E-state index is 4.44. The fraction of sp³-hybridized carbons (Fsp3) is 0.545. The summed E-state index contributed by atoms with van der Waals surface area (Å²) >= 11 is 0. The van der Waals surface area contributed by atoms with Crippen molar-refractivity contribution in [3.8, 4) is 0 Å². The topological polar surface area (TPSA) is 56.0 Å². The van der Waals surface area contributed by atoms with E-state index in [1.807, 2.05) is 0 Å². The second kappa shape index (κ2) is 3.92. The van der Waals surface area contributed by atoms with Crippen LogP contribution in [0.5, 0.6) is 0 Å². The second-order valence-electron chi connectivity index (χ2n) is 4.23. The Balaban J connectivity index is 1.85. The Morgan fingerprint density at radius 2 is 2.50 bits per heavy atom. The molecule has 0 spiro atoms. The number of hydrazine groups is 1. The van der Waals surface area contributed by atoms with E-state index in [0.29, 0.717) is 0 Å². The van der Waals surface area contributed by atoms with Crippen LogP contribution in [0.25, 0.3) is 0 Å². The molecule has 1 aromatic heterocycles. The molecule has 1 unspecified atom stereocenters. The summed E-state index contributed by atoms with van der Waals surface area (Å²) in [6.45, 7) is 5.07. The first-order chi connectivity index (χ1) is 7.88. The van der Waals surface area contributed by atoms with E-state index < -0.39 is 0 Å². The van der Waals surface area contributed by atoms with Crippen LogP contribution < -0.4 is 10.7 Å². The third kappa shape index (κ3) is 1.52. The van der Waals surface area contributed by atoms with E-state index in [1.165, 1.54) is 11.3 Å². The Kier molecular flexibility index (Phi) is 2.41. The van der Waals surface area contributed by atoms with Crippen molar-refractivity contribution in [2.45, 2.75) is 25.9 Å². The van der Waals surface area contributed by atoms with Crippen molar-refractivity contribution < 1.29 is 0 Å². The van der Waals surface area contributed by atoms with Crippen LogP contribution in [0.3, 0.4) is 0 Å². The molecule has 0 amide bonds. The van der Waals surface area contributed by atoms with Crippen LogP contribution in [0.1, 0.15) is 29.9 Å². The highest BCUT2D eigenvalue weighted by molar-refractivity contribution is 5.32. The minimum absolute atomic E-state index is 0.222. The van der Waals surface area contributed by atoms with Gasteiger partial charge in [0.15, 0.2) is 0 Å². The molecule has 5 heteroatoms. The molecular formula is C11H17N5. The summed E-state index contributed by atoms with van der Waals surface area (Å²) in [4.78, 5) is 0. The van der Waals surface area contributed by atoms with E-state index in [4.69, 9.17) is 0 Å². The first-order valence-corrected chi connectivity index (χ1v) is 5.86. The lowest BCUT2D eigenvalue weighted by atomic mass is 10.0. The second-order valence-corrected chi connectivity index (χ2v) is 4.23. The summed E-state index contributed by atoms with van der Waals surface area (Å²) in [5.74, 6) is 0. The summed E-state index contributed by atoms with van der Waals surface area (Å²) < 4.78 is 0. The number of aromatic amines is 1. The number of aromatic nitrogens is 2. The predicted molar refractivity (Wildman–Crippen MR) is 61.4 cm³/mol. The van der Waals surface area contributed by atoms with Gasteiger partial charge in [0, 0.05) is 43.5 Å². The van der Waals surface area contributed by atoms with E-state index in [2.05, 4.69) is 45.1 Å². The fourth-order valence-electron chi connectivity index (χ4n) is 2.31. The Bertz CT molecular complexity index is 409.